The zero-order chi connectivity index (χ0) is 18.0. The van der Waals surface area contributed by atoms with Crippen LogP contribution >= 0.6 is 0 Å². The highest BCUT2D eigenvalue weighted by atomic mass is 32.3. The van der Waals surface area contributed by atoms with E-state index in [1.807, 2.05) is 18.2 Å². The molecule has 6 nitrogen and oxygen atoms in total. The largest absolute Gasteiger partial charge is 0.492 e. The first kappa shape index (κ1) is 20.1. The lowest BCUT2D eigenvalue weighted by molar-refractivity contribution is 0.260. The second-order valence-corrected chi connectivity index (χ2v) is 6.27. The van der Waals surface area contributed by atoms with Crippen molar-refractivity contribution in [3.8, 4) is 5.75 Å². The highest BCUT2D eigenvalue weighted by Crippen LogP contribution is 2.21. The monoisotopic (exact) mass is 353 g/mol. The van der Waals surface area contributed by atoms with E-state index in [9.17, 15) is 0 Å². The average Bonchev–Trinajstić information content (AvgIpc) is 2.48. The van der Waals surface area contributed by atoms with E-state index in [4.69, 9.17) is 22.3 Å². The van der Waals surface area contributed by atoms with E-state index >= 15 is 0 Å². The summed E-state index contributed by atoms with van der Waals surface area (Å²) in [5.41, 5.74) is 2.55. The minimum Gasteiger partial charge on any atom is -0.492 e. The summed E-state index contributed by atoms with van der Waals surface area (Å²) in [6, 6.07) is 18.8. The Morgan fingerprint density at radius 3 is 2.08 bits per heavy atom. The molecule has 0 aliphatic heterocycles. The Labute approximate surface area is 143 Å². The fourth-order valence-corrected chi connectivity index (χ4v) is 1.94. The van der Waals surface area contributed by atoms with Gasteiger partial charge in [0.2, 0.25) is 0 Å². The summed E-state index contributed by atoms with van der Waals surface area (Å²) in [5.74, 6) is 0.994. The third-order valence-electron chi connectivity index (χ3n) is 3.01. The number of hydrogen-bond acceptors (Lipinski definition) is 4. The zero-order valence-electron chi connectivity index (χ0n) is 13.8. The van der Waals surface area contributed by atoms with Gasteiger partial charge in [0.15, 0.2) is 0 Å². The number of likely N-dealkylation sites (N-methyl/N-ethyl adjacent to an activating group) is 1. The molecule has 2 aromatic carbocycles. The smallest absolute Gasteiger partial charge is 0.394 e. The van der Waals surface area contributed by atoms with Crippen molar-refractivity contribution in [1.29, 1.82) is 0 Å². The molecule has 0 aliphatic rings. The fourth-order valence-electron chi connectivity index (χ4n) is 1.94. The van der Waals surface area contributed by atoms with Crippen LogP contribution in [0.2, 0.25) is 0 Å². The summed E-state index contributed by atoms with van der Waals surface area (Å²) in [5, 5.41) is 0. The van der Waals surface area contributed by atoms with E-state index in [1.54, 1.807) is 0 Å². The molecule has 0 fully saturated rings. The Morgan fingerprint density at radius 1 is 0.958 bits per heavy atom. The summed E-state index contributed by atoms with van der Waals surface area (Å²) in [6.45, 7) is 1.65. The van der Waals surface area contributed by atoms with Gasteiger partial charge in [-0.15, -0.1) is 0 Å². The molecule has 2 rings (SSSR count). The van der Waals surface area contributed by atoms with Crippen LogP contribution in [-0.2, 0) is 16.8 Å². The number of nitrogens with zero attached hydrogens (tertiary/aromatic N) is 1. The van der Waals surface area contributed by atoms with Gasteiger partial charge in [-0.05, 0) is 31.3 Å². The standard InChI is InChI=1S/C17H21NO.H2O4S/c1-18(2)12-13-19-17-11-7-6-10-16(17)14-15-8-4-3-5-9-15;1-5(2,3)4/h3-11H,12-14H2,1-2H3;(H2,1,2,3,4). The molecule has 0 aromatic heterocycles. The Morgan fingerprint density at radius 2 is 1.50 bits per heavy atom. The van der Waals surface area contributed by atoms with E-state index in [0.29, 0.717) is 0 Å². The molecule has 0 heterocycles. The predicted molar refractivity (Wildman–Crippen MR) is 93.9 cm³/mol. The molecular formula is C17H23NO5S. The predicted octanol–water partition coefficient (Wildman–Crippen LogP) is 2.56. The van der Waals surface area contributed by atoms with Gasteiger partial charge in [0.05, 0.1) is 0 Å². The summed E-state index contributed by atoms with van der Waals surface area (Å²) in [7, 11) is -0.557. The van der Waals surface area contributed by atoms with Crippen LogP contribution < -0.4 is 4.74 Å². The lowest BCUT2D eigenvalue weighted by Crippen LogP contribution is -2.19. The summed E-state index contributed by atoms with van der Waals surface area (Å²) in [4.78, 5) is 2.12. The van der Waals surface area contributed by atoms with E-state index in [2.05, 4.69) is 55.4 Å². The first-order chi connectivity index (χ1) is 11.3. The maximum absolute atomic E-state index is 8.74. The molecule has 2 N–H and O–H groups in total. The van der Waals surface area contributed by atoms with E-state index in [-0.39, 0.29) is 0 Å². The summed E-state index contributed by atoms with van der Waals surface area (Å²) >= 11 is 0. The van der Waals surface area contributed by atoms with Gasteiger partial charge < -0.3 is 9.64 Å². The Balaban J connectivity index is 0.000000505. The molecule has 0 atom stereocenters. The second kappa shape index (κ2) is 10.0. The Kier molecular flexibility index (Phi) is 8.42. The van der Waals surface area contributed by atoms with Gasteiger partial charge in [-0.2, -0.15) is 8.42 Å². The molecule has 0 amide bonds. The Bertz CT molecular complexity index is 694. The maximum atomic E-state index is 8.74. The lowest BCUT2D eigenvalue weighted by Gasteiger charge is -2.14. The van der Waals surface area contributed by atoms with Gasteiger partial charge in [0.25, 0.3) is 0 Å². The molecule has 0 saturated heterocycles. The topological polar surface area (TPSA) is 87.1 Å². The van der Waals surface area contributed by atoms with Crippen molar-refractivity contribution >= 4 is 10.4 Å². The van der Waals surface area contributed by atoms with Crippen molar-refractivity contribution in [2.24, 2.45) is 0 Å². The average molecular weight is 353 g/mol. The minimum atomic E-state index is -4.67. The number of para-hydroxylation sites is 1. The molecule has 0 unspecified atom stereocenters. The van der Waals surface area contributed by atoms with E-state index in [0.717, 1.165) is 25.3 Å². The van der Waals surface area contributed by atoms with Crippen molar-refractivity contribution in [2.75, 3.05) is 27.2 Å². The minimum absolute atomic E-state index is 0.721. The third-order valence-corrected chi connectivity index (χ3v) is 3.01. The molecule has 7 heteroatoms. The van der Waals surface area contributed by atoms with Crippen LogP contribution in [0.25, 0.3) is 0 Å². The van der Waals surface area contributed by atoms with Crippen LogP contribution in [0.4, 0.5) is 0 Å². The van der Waals surface area contributed by atoms with Crippen molar-refractivity contribution in [1.82, 2.24) is 4.90 Å². The highest BCUT2D eigenvalue weighted by Gasteiger charge is 2.04. The van der Waals surface area contributed by atoms with Gasteiger partial charge in [-0.25, -0.2) is 0 Å². The lowest BCUT2D eigenvalue weighted by atomic mass is 10.0. The van der Waals surface area contributed by atoms with Crippen LogP contribution in [0.15, 0.2) is 54.6 Å². The highest BCUT2D eigenvalue weighted by molar-refractivity contribution is 7.79. The molecule has 0 bridgehead atoms. The second-order valence-electron chi connectivity index (χ2n) is 5.37. The van der Waals surface area contributed by atoms with Crippen LogP contribution in [0, 0.1) is 0 Å². The molecule has 132 valence electrons. The molecule has 24 heavy (non-hydrogen) atoms. The normalized spacial score (nSPS) is 10.9. The van der Waals surface area contributed by atoms with Gasteiger partial charge in [0.1, 0.15) is 12.4 Å². The van der Waals surface area contributed by atoms with Crippen LogP contribution in [0.1, 0.15) is 11.1 Å². The van der Waals surface area contributed by atoms with Crippen molar-refractivity contribution in [2.45, 2.75) is 6.42 Å². The third kappa shape index (κ3) is 9.96. The molecular weight excluding hydrogens is 330 g/mol. The Hall–Kier alpha value is -1.93. The number of hydrogen-bond donors (Lipinski definition) is 2. The number of benzene rings is 2. The molecule has 0 aliphatic carbocycles. The molecule has 0 saturated carbocycles. The van der Waals surface area contributed by atoms with Crippen molar-refractivity contribution in [3.63, 3.8) is 0 Å². The van der Waals surface area contributed by atoms with Crippen LogP contribution in [-0.4, -0.2) is 49.7 Å². The summed E-state index contributed by atoms with van der Waals surface area (Å²) < 4.78 is 37.5. The van der Waals surface area contributed by atoms with Crippen LogP contribution in [0.5, 0.6) is 5.75 Å². The molecule has 0 spiro atoms. The molecule has 2 aromatic rings. The van der Waals surface area contributed by atoms with Crippen LogP contribution in [0.3, 0.4) is 0 Å². The first-order valence-electron chi connectivity index (χ1n) is 7.35. The van der Waals surface area contributed by atoms with Gasteiger partial charge in [0, 0.05) is 13.0 Å². The zero-order valence-corrected chi connectivity index (χ0v) is 14.6. The van der Waals surface area contributed by atoms with Gasteiger partial charge in [-0.3, -0.25) is 9.11 Å². The van der Waals surface area contributed by atoms with E-state index < -0.39 is 10.4 Å². The van der Waals surface area contributed by atoms with Crippen molar-refractivity contribution < 1.29 is 22.3 Å². The van der Waals surface area contributed by atoms with E-state index in [1.165, 1.54) is 11.1 Å². The SMILES string of the molecule is CN(C)CCOc1ccccc1Cc1ccccc1.O=S(=O)(O)O. The first-order valence-corrected chi connectivity index (χ1v) is 8.74. The number of ether oxygens (including phenoxy) is 1. The number of rotatable bonds is 6. The fraction of sp³-hybridized carbons (Fsp3) is 0.294. The maximum Gasteiger partial charge on any atom is 0.394 e. The van der Waals surface area contributed by atoms with Crippen molar-refractivity contribution in [3.05, 3.63) is 65.7 Å². The molecule has 0 radical (unpaired) electrons. The van der Waals surface area contributed by atoms with Gasteiger partial charge in [-0.1, -0.05) is 48.5 Å². The van der Waals surface area contributed by atoms with Gasteiger partial charge >= 0.3 is 10.4 Å². The quantitative estimate of drug-likeness (QED) is 0.776. The summed E-state index contributed by atoms with van der Waals surface area (Å²) in [6.07, 6.45) is 0.916.